The van der Waals surface area contributed by atoms with Crippen LogP contribution in [0.25, 0.3) is 0 Å². The molecule has 0 unspecified atom stereocenters. The Labute approximate surface area is 102 Å². The summed E-state index contributed by atoms with van der Waals surface area (Å²) in [7, 11) is 0. The second-order valence-electron chi connectivity index (χ2n) is 1.69. The number of allylic oxidation sites excluding steroid dienone is 3. The van der Waals surface area contributed by atoms with Gasteiger partial charge in [0.15, 0.2) is 11.7 Å². The van der Waals surface area contributed by atoms with Crippen LogP contribution in [0.4, 0.5) is 22.0 Å². The Kier molecular flexibility index (Phi) is 28.2. The van der Waals surface area contributed by atoms with Gasteiger partial charge in [-0.1, -0.05) is 0 Å². The van der Waals surface area contributed by atoms with E-state index in [1.165, 1.54) is 0 Å². The van der Waals surface area contributed by atoms with Crippen LogP contribution in [0.2, 0.25) is 0 Å². The van der Waals surface area contributed by atoms with Crippen LogP contribution in [-0.2, 0) is 21.1 Å². The van der Waals surface area contributed by atoms with Crippen LogP contribution in [-0.4, -0.2) is 0 Å². The van der Waals surface area contributed by atoms with E-state index in [9.17, 15) is 22.0 Å². The van der Waals surface area contributed by atoms with Gasteiger partial charge in [-0.05, 0) is 5.73 Å². The zero-order valence-electron chi connectivity index (χ0n) is 7.19. The summed E-state index contributed by atoms with van der Waals surface area (Å²) in [5, 5.41) is 0. The van der Waals surface area contributed by atoms with Crippen molar-refractivity contribution in [3.05, 3.63) is 35.2 Å². The van der Waals surface area contributed by atoms with E-state index in [0.29, 0.717) is 0 Å². The summed E-state index contributed by atoms with van der Waals surface area (Å²) >= 11 is 0. The van der Waals surface area contributed by atoms with Crippen molar-refractivity contribution in [1.82, 2.24) is 0 Å². The first-order valence-electron chi connectivity index (χ1n) is 2.44. The van der Waals surface area contributed by atoms with E-state index in [4.69, 9.17) is 0 Å². The fourth-order valence-electron chi connectivity index (χ4n) is 0.495. The molecule has 0 saturated heterocycles. The Hall–Kier alpha value is -0.752. The molecule has 17 heavy (non-hydrogen) atoms. The molecule has 1 radical (unpaired) electrons. The molecule has 11 heteroatoms. The predicted molar refractivity (Wildman–Crippen MR) is 26.3 cm³/mol. The molecule has 1 rings (SSSR count). The topological polar surface area (TPSA) is 0 Å². The third-order valence-electron chi connectivity index (χ3n) is 0.990. The van der Waals surface area contributed by atoms with Crippen molar-refractivity contribution in [3.8, 4) is 0 Å². The number of hydrogen-bond donors (Lipinski definition) is 0. The van der Waals surface area contributed by atoms with Gasteiger partial charge in [0.1, 0.15) is 0 Å². The molecule has 0 aliphatic heterocycles. The summed E-state index contributed by atoms with van der Waals surface area (Å²) < 4.78 is 59.9. The second-order valence-corrected chi connectivity index (χ2v) is 1.69. The third kappa shape index (κ3) is 7.22. The Morgan fingerprint density at radius 3 is 1.29 bits per heavy atom. The van der Waals surface area contributed by atoms with Crippen LogP contribution in [0.3, 0.4) is 0 Å². The zero-order chi connectivity index (χ0) is 8.59. The van der Waals surface area contributed by atoms with E-state index < -0.39 is 29.5 Å². The van der Waals surface area contributed by atoms with Gasteiger partial charge < -0.3 is 23.5 Å². The van der Waals surface area contributed by atoms with E-state index in [1.807, 2.05) is 0 Å². The molecule has 0 aromatic heterocycles. The van der Waals surface area contributed by atoms with Crippen molar-refractivity contribution >= 4 is 0 Å². The molecule has 0 spiro atoms. The van der Waals surface area contributed by atoms with Gasteiger partial charge in [0.25, 0.3) is 6.17 Å². The molecule has 0 atom stereocenters. The maximum atomic E-state index is 12.0. The molecule has 0 saturated carbocycles. The smallest absolute Gasteiger partial charge is 0.270 e. The normalized spacial score (nSPS) is 13.0. The molecule has 0 fully saturated rings. The summed E-state index contributed by atoms with van der Waals surface area (Å²) in [6.07, 6.45) is -2.07. The summed E-state index contributed by atoms with van der Waals surface area (Å²) in [5.74, 6) is -7.98. The molecule has 0 bridgehead atoms. The van der Waals surface area contributed by atoms with Crippen LogP contribution in [0, 0.1) is 6.17 Å². The maximum absolute atomic E-state index is 12.0. The first-order valence-corrected chi connectivity index (χ1v) is 2.44. The first-order chi connectivity index (χ1) is 5.04. The van der Waals surface area contributed by atoms with Crippen molar-refractivity contribution in [2.24, 2.45) is 0 Å². The molecular weight excluding hydrogens is 446 g/mol. The minimum absolute atomic E-state index is 0. The van der Waals surface area contributed by atoms with Gasteiger partial charge >= 0.3 is 0 Å². The summed E-state index contributed by atoms with van der Waals surface area (Å²) in [4.78, 5) is 0. The van der Waals surface area contributed by atoms with Gasteiger partial charge in [-0.15, -0.1) is 0 Å². The van der Waals surface area contributed by atoms with Gasteiger partial charge in [0, 0.05) is 21.1 Å². The zero-order valence-corrected chi connectivity index (χ0v) is 10.1. The minimum atomic E-state index is -2.17. The molecule has 0 aromatic rings. The van der Waals surface area contributed by atoms with Crippen LogP contribution in [0.15, 0.2) is 29.0 Å². The van der Waals surface area contributed by atoms with Crippen LogP contribution in [0.5, 0.6) is 0 Å². The first kappa shape index (κ1) is 36.0. The van der Waals surface area contributed by atoms with Gasteiger partial charge in [0.05, 0.1) is 0 Å². The quantitative estimate of drug-likeness (QED) is 0.257. The van der Waals surface area contributed by atoms with E-state index in [0.717, 1.165) is 5.73 Å². The van der Waals surface area contributed by atoms with Gasteiger partial charge in [0.2, 0.25) is 11.7 Å². The van der Waals surface area contributed by atoms with E-state index >= 15 is 0 Å². The fourth-order valence-corrected chi connectivity index (χ4v) is 0.495. The van der Waals surface area contributed by atoms with Crippen molar-refractivity contribution in [2.45, 2.75) is 0 Å². The Bertz CT molecular complexity index is 291. The van der Waals surface area contributed by atoms with Crippen LogP contribution >= 0.6 is 0 Å². The van der Waals surface area contributed by atoms with Crippen LogP contribution < -0.4 is 23.5 Å². The predicted octanol–water partition coefficient (Wildman–Crippen LogP) is -12.0. The summed E-state index contributed by atoms with van der Waals surface area (Å²) in [5.41, 5.74) is 1.02. The van der Waals surface area contributed by atoms with Crippen molar-refractivity contribution in [2.75, 3.05) is 0 Å². The SMILES string of the molecule is F[C]1C(F)=C=C(F)C(F)=C1F.[F-].[F-].[F-].[F-].[F-].[W]. The number of halogens is 10. The Morgan fingerprint density at radius 2 is 0.941 bits per heavy atom. The molecule has 0 N–H and O–H groups in total. The molecule has 1 aliphatic carbocycles. The molecule has 0 heterocycles. The van der Waals surface area contributed by atoms with Crippen molar-refractivity contribution < 1.29 is 66.5 Å². The molecule has 105 valence electrons. The monoisotopic (exact) mass is 446 g/mol. The van der Waals surface area contributed by atoms with Gasteiger partial charge in [-0.25, -0.2) is 8.78 Å². The molecule has 0 amide bonds. The van der Waals surface area contributed by atoms with E-state index in [1.54, 1.807) is 0 Å². The van der Waals surface area contributed by atoms with Gasteiger partial charge in [-0.2, -0.15) is 13.2 Å². The minimum Gasteiger partial charge on any atom is -1.00 e. The molecular formula is C6F10W-5. The fraction of sp³-hybridized carbons (Fsp3) is 0. The molecule has 1 aliphatic rings. The number of hydrogen-bond acceptors (Lipinski definition) is 0. The van der Waals surface area contributed by atoms with Gasteiger partial charge in [-0.3, -0.25) is 0 Å². The molecule has 0 aromatic carbocycles. The van der Waals surface area contributed by atoms with E-state index in [2.05, 4.69) is 0 Å². The summed E-state index contributed by atoms with van der Waals surface area (Å²) in [6.45, 7) is 0. The second kappa shape index (κ2) is 13.3. The maximum Gasteiger partial charge on any atom is 0.270 e. The van der Waals surface area contributed by atoms with E-state index in [-0.39, 0.29) is 44.6 Å². The van der Waals surface area contributed by atoms with Crippen LogP contribution in [0.1, 0.15) is 0 Å². The average Bonchev–Trinajstić information content (AvgIpc) is 1.97. The number of rotatable bonds is 0. The average molecular weight is 446 g/mol. The standard InChI is InChI=1S/C6F5.5FH.W/c7-2-1-3(8)5(10)6(11)4(2)9;;;;;;/h;5*1H;/p-5. The Morgan fingerprint density at radius 1 is 0.588 bits per heavy atom. The molecule has 0 nitrogen and oxygen atoms in total. The van der Waals surface area contributed by atoms with Crippen molar-refractivity contribution in [1.29, 1.82) is 0 Å². The Balaban J connectivity index is -0.0000000504. The third-order valence-corrected chi connectivity index (χ3v) is 0.990. The summed E-state index contributed by atoms with van der Waals surface area (Å²) in [6, 6.07) is 0. The van der Waals surface area contributed by atoms with Crippen molar-refractivity contribution in [3.63, 3.8) is 0 Å². The largest absolute Gasteiger partial charge is 1.00 e.